The molecule has 1 heterocycles. The van der Waals surface area contributed by atoms with Crippen LogP contribution >= 0.6 is 22.9 Å². The molecule has 0 spiro atoms. The van der Waals surface area contributed by atoms with Crippen molar-refractivity contribution in [3.63, 3.8) is 0 Å². The van der Waals surface area contributed by atoms with Gasteiger partial charge in [-0.15, -0.1) is 11.3 Å². The lowest BCUT2D eigenvalue weighted by Crippen LogP contribution is -2.27. The number of amides is 1. The second kappa shape index (κ2) is 8.13. The molecule has 0 aliphatic rings. The van der Waals surface area contributed by atoms with Gasteiger partial charge in [-0.2, -0.15) is 0 Å². The fraction of sp³-hybridized carbons (Fsp3) is 0.130. The van der Waals surface area contributed by atoms with Gasteiger partial charge in [-0.25, -0.2) is 4.98 Å². The number of aromatic nitrogens is 1. The van der Waals surface area contributed by atoms with E-state index in [0.29, 0.717) is 11.6 Å². The molecule has 5 heteroatoms. The van der Waals surface area contributed by atoms with Crippen LogP contribution in [0.3, 0.4) is 0 Å². The fourth-order valence-corrected chi connectivity index (χ4v) is 4.28. The first-order valence-electron chi connectivity index (χ1n) is 9.01. The van der Waals surface area contributed by atoms with Crippen LogP contribution in [0.25, 0.3) is 21.3 Å². The van der Waals surface area contributed by atoms with Crippen LogP contribution in [0.5, 0.6) is 0 Å². The van der Waals surface area contributed by atoms with Gasteiger partial charge >= 0.3 is 0 Å². The second-order valence-corrected chi connectivity index (χ2v) is 8.00. The summed E-state index contributed by atoms with van der Waals surface area (Å²) in [6.07, 6.45) is 0.283. The summed E-state index contributed by atoms with van der Waals surface area (Å²) in [7, 11) is 1.83. The van der Waals surface area contributed by atoms with Crippen molar-refractivity contribution in [1.29, 1.82) is 0 Å². The van der Waals surface area contributed by atoms with Crippen molar-refractivity contribution in [2.24, 2.45) is 0 Å². The first-order chi connectivity index (χ1) is 13.6. The molecule has 140 valence electrons. The van der Waals surface area contributed by atoms with Crippen molar-refractivity contribution in [1.82, 2.24) is 9.88 Å². The number of halogens is 1. The molecule has 0 saturated heterocycles. The summed E-state index contributed by atoms with van der Waals surface area (Å²) in [5.41, 5.74) is 2.79. The molecule has 0 fully saturated rings. The molecule has 1 aromatic heterocycles. The molecule has 0 aliphatic heterocycles. The van der Waals surface area contributed by atoms with Crippen molar-refractivity contribution >= 4 is 39.6 Å². The highest BCUT2D eigenvalue weighted by atomic mass is 35.5. The van der Waals surface area contributed by atoms with Gasteiger partial charge in [-0.3, -0.25) is 4.79 Å². The molecule has 3 nitrogen and oxygen atoms in total. The Labute approximate surface area is 173 Å². The predicted molar refractivity (Wildman–Crippen MR) is 117 cm³/mol. The summed E-state index contributed by atoms with van der Waals surface area (Å²) in [5, 5.41) is 5.83. The molecular formula is C23H19ClN2OS. The summed E-state index contributed by atoms with van der Waals surface area (Å²) in [5.74, 6) is 0.0455. The van der Waals surface area contributed by atoms with Crippen molar-refractivity contribution < 1.29 is 4.79 Å². The Balaban J connectivity index is 1.44. The Morgan fingerprint density at radius 2 is 1.79 bits per heavy atom. The monoisotopic (exact) mass is 406 g/mol. The van der Waals surface area contributed by atoms with Crippen LogP contribution in [-0.2, 0) is 17.8 Å². The maximum atomic E-state index is 12.7. The SMILES string of the molecule is CN(Cc1ccc2ccccc2c1)C(=O)Cc1csc(-c2ccccc2Cl)n1. The van der Waals surface area contributed by atoms with E-state index in [0.717, 1.165) is 21.8 Å². The van der Waals surface area contributed by atoms with Crippen LogP contribution in [0.2, 0.25) is 5.02 Å². The normalized spacial score (nSPS) is 10.9. The van der Waals surface area contributed by atoms with Gasteiger partial charge in [0.2, 0.25) is 5.91 Å². The molecule has 0 unspecified atom stereocenters. The molecule has 0 radical (unpaired) electrons. The summed E-state index contributed by atoms with van der Waals surface area (Å²) in [6, 6.07) is 22.2. The minimum atomic E-state index is 0.0455. The van der Waals surface area contributed by atoms with Gasteiger partial charge in [-0.05, 0) is 28.5 Å². The van der Waals surface area contributed by atoms with Crippen molar-refractivity contribution in [2.45, 2.75) is 13.0 Å². The zero-order valence-corrected chi connectivity index (χ0v) is 17.0. The van der Waals surface area contributed by atoms with E-state index < -0.39 is 0 Å². The predicted octanol–water partition coefficient (Wildman–Crippen LogP) is 5.82. The number of rotatable bonds is 5. The lowest BCUT2D eigenvalue weighted by Gasteiger charge is -2.17. The highest BCUT2D eigenvalue weighted by molar-refractivity contribution is 7.13. The standard InChI is InChI=1S/C23H19ClN2OS/c1-26(14-16-10-11-17-6-2-3-7-18(17)12-16)22(27)13-19-15-28-23(25-19)20-8-4-5-9-21(20)24/h2-12,15H,13-14H2,1H3. The minimum Gasteiger partial charge on any atom is -0.341 e. The number of carbonyl (C=O) groups is 1. The number of hydrogen-bond donors (Lipinski definition) is 0. The number of benzene rings is 3. The molecule has 0 aliphatic carbocycles. The lowest BCUT2D eigenvalue weighted by molar-refractivity contribution is -0.129. The number of carbonyl (C=O) groups excluding carboxylic acids is 1. The van der Waals surface area contributed by atoms with Crippen LogP contribution in [0.15, 0.2) is 72.1 Å². The van der Waals surface area contributed by atoms with Gasteiger partial charge in [-0.1, -0.05) is 66.2 Å². The third-order valence-electron chi connectivity index (χ3n) is 4.65. The number of nitrogens with zero attached hydrogens (tertiary/aromatic N) is 2. The molecule has 0 N–H and O–H groups in total. The molecule has 0 atom stereocenters. The third kappa shape index (κ3) is 4.08. The van der Waals surface area contributed by atoms with E-state index in [1.165, 1.54) is 22.1 Å². The summed E-state index contributed by atoms with van der Waals surface area (Å²) >= 11 is 7.76. The third-order valence-corrected chi connectivity index (χ3v) is 5.90. The van der Waals surface area contributed by atoms with Crippen LogP contribution in [0.1, 0.15) is 11.3 Å². The van der Waals surface area contributed by atoms with E-state index in [2.05, 4.69) is 35.3 Å². The zero-order valence-electron chi connectivity index (χ0n) is 15.4. The largest absolute Gasteiger partial charge is 0.341 e. The fourth-order valence-electron chi connectivity index (χ4n) is 3.14. The summed E-state index contributed by atoms with van der Waals surface area (Å²) in [6.45, 7) is 0.575. The van der Waals surface area contributed by atoms with Gasteiger partial charge in [0.1, 0.15) is 5.01 Å². The van der Waals surface area contributed by atoms with E-state index in [4.69, 9.17) is 11.6 Å². The van der Waals surface area contributed by atoms with Gasteiger partial charge in [0.05, 0.1) is 17.1 Å². The molecule has 0 bridgehead atoms. The van der Waals surface area contributed by atoms with Gasteiger partial charge in [0, 0.05) is 24.5 Å². The van der Waals surface area contributed by atoms with E-state index >= 15 is 0 Å². The van der Waals surface area contributed by atoms with E-state index in [1.54, 1.807) is 4.90 Å². The zero-order chi connectivity index (χ0) is 19.5. The highest BCUT2D eigenvalue weighted by Crippen LogP contribution is 2.30. The first-order valence-corrected chi connectivity index (χ1v) is 10.3. The average Bonchev–Trinajstić information content (AvgIpc) is 3.16. The second-order valence-electron chi connectivity index (χ2n) is 6.73. The molecule has 28 heavy (non-hydrogen) atoms. The Kier molecular flexibility index (Phi) is 5.42. The number of thiazole rings is 1. The first kappa shape index (κ1) is 18.7. The molecular weight excluding hydrogens is 388 g/mol. The lowest BCUT2D eigenvalue weighted by atomic mass is 10.1. The Bertz CT molecular complexity index is 1140. The number of fused-ring (bicyclic) bond motifs is 1. The van der Waals surface area contributed by atoms with Gasteiger partial charge in [0.15, 0.2) is 0 Å². The van der Waals surface area contributed by atoms with Gasteiger partial charge < -0.3 is 4.90 Å². The quantitative estimate of drug-likeness (QED) is 0.418. The Hall–Kier alpha value is -2.69. The summed E-state index contributed by atoms with van der Waals surface area (Å²) in [4.78, 5) is 19.0. The van der Waals surface area contributed by atoms with Crippen molar-refractivity contribution in [2.75, 3.05) is 7.05 Å². The van der Waals surface area contributed by atoms with Crippen molar-refractivity contribution in [3.05, 3.63) is 88.4 Å². The number of hydrogen-bond acceptors (Lipinski definition) is 3. The average molecular weight is 407 g/mol. The maximum Gasteiger partial charge on any atom is 0.228 e. The minimum absolute atomic E-state index is 0.0455. The molecule has 3 aromatic carbocycles. The van der Waals surface area contributed by atoms with Crippen LogP contribution < -0.4 is 0 Å². The number of likely N-dealkylation sites (N-methyl/N-ethyl adjacent to an activating group) is 1. The van der Waals surface area contributed by atoms with Gasteiger partial charge in [0.25, 0.3) is 0 Å². The molecule has 4 rings (SSSR count). The smallest absolute Gasteiger partial charge is 0.228 e. The molecule has 1 amide bonds. The highest BCUT2D eigenvalue weighted by Gasteiger charge is 2.14. The molecule has 4 aromatic rings. The van der Waals surface area contributed by atoms with Crippen LogP contribution in [0.4, 0.5) is 0 Å². The Morgan fingerprint density at radius 3 is 2.61 bits per heavy atom. The van der Waals surface area contributed by atoms with Crippen molar-refractivity contribution in [3.8, 4) is 10.6 Å². The topological polar surface area (TPSA) is 33.2 Å². The Morgan fingerprint density at radius 1 is 1.04 bits per heavy atom. The van der Waals surface area contributed by atoms with E-state index in [9.17, 15) is 4.79 Å². The van der Waals surface area contributed by atoms with Crippen LogP contribution in [0, 0.1) is 0 Å². The molecule has 0 saturated carbocycles. The van der Waals surface area contributed by atoms with E-state index in [1.807, 2.05) is 48.8 Å². The van der Waals surface area contributed by atoms with E-state index in [-0.39, 0.29) is 12.3 Å². The summed E-state index contributed by atoms with van der Waals surface area (Å²) < 4.78 is 0. The van der Waals surface area contributed by atoms with Crippen LogP contribution in [-0.4, -0.2) is 22.8 Å². The maximum absolute atomic E-state index is 12.7.